The molecule has 4 heteroatoms. The molecule has 0 amide bonds. The highest BCUT2D eigenvalue weighted by atomic mass is 35.5. The first-order valence-corrected chi connectivity index (χ1v) is 7.66. The Morgan fingerprint density at radius 3 is 2.75 bits per heavy atom. The van der Waals surface area contributed by atoms with Crippen molar-refractivity contribution in [1.82, 2.24) is 9.80 Å². The summed E-state index contributed by atoms with van der Waals surface area (Å²) >= 11 is 6.12. The van der Waals surface area contributed by atoms with E-state index in [-0.39, 0.29) is 5.54 Å². The van der Waals surface area contributed by atoms with Gasteiger partial charge in [-0.15, -0.1) is 0 Å². The molecule has 1 aliphatic heterocycles. The molecular formula is C16H26ClN3. The van der Waals surface area contributed by atoms with Crippen LogP contribution in [-0.2, 0) is 0 Å². The molecular weight excluding hydrogens is 270 g/mol. The molecule has 2 rings (SSSR count). The summed E-state index contributed by atoms with van der Waals surface area (Å²) in [5, 5.41) is 0.793. The van der Waals surface area contributed by atoms with Crippen molar-refractivity contribution in [3.05, 3.63) is 34.9 Å². The molecule has 0 spiro atoms. The Morgan fingerprint density at radius 2 is 2.25 bits per heavy atom. The third kappa shape index (κ3) is 2.86. The van der Waals surface area contributed by atoms with Crippen molar-refractivity contribution < 1.29 is 0 Å². The SMILES string of the molecule is CC1CC(CN)(N(C)C(C)c2cccc(Cl)c2)CN1C. The number of nitrogens with two attached hydrogens (primary N) is 1. The lowest BCUT2D eigenvalue weighted by Gasteiger charge is -2.42. The maximum absolute atomic E-state index is 6.15. The molecule has 0 bridgehead atoms. The lowest BCUT2D eigenvalue weighted by atomic mass is 9.91. The summed E-state index contributed by atoms with van der Waals surface area (Å²) in [7, 11) is 4.37. The number of hydrogen-bond donors (Lipinski definition) is 1. The molecule has 20 heavy (non-hydrogen) atoms. The summed E-state index contributed by atoms with van der Waals surface area (Å²) in [6, 6.07) is 9.00. The van der Waals surface area contributed by atoms with Crippen LogP contribution in [0.1, 0.15) is 31.9 Å². The van der Waals surface area contributed by atoms with Gasteiger partial charge in [0.25, 0.3) is 0 Å². The maximum Gasteiger partial charge on any atom is 0.0476 e. The number of rotatable bonds is 4. The van der Waals surface area contributed by atoms with E-state index >= 15 is 0 Å². The fraction of sp³-hybridized carbons (Fsp3) is 0.625. The summed E-state index contributed by atoms with van der Waals surface area (Å²) in [6.07, 6.45) is 1.11. The van der Waals surface area contributed by atoms with Gasteiger partial charge in [-0.1, -0.05) is 23.7 Å². The molecule has 1 aromatic rings. The smallest absolute Gasteiger partial charge is 0.0476 e. The monoisotopic (exact) mass is 295 g/mol. The normalized spacial score (nSPS) is 29.1. The third-order valence-electron chi connectivity index (χ3n) is 5.01. The van der Waals surface area contributed by atoms with Crippen LogP contribution in [0.5, 0.6) is 0 Å². The fourth-order valence-electron chi connectivity index (χ4n) is 3.34. The van der Waals surface area contributed by atoms with Crippen molar-refractivity contribution in [3.8, 4) is 0 Å². The standard InChI is InChI=1S/C16H26ClN3/c1-12-9-16(10-18,11-19(12)3)20(4)13(2)14-6-5-7-15(17)8-14/h5-8,12-13H,9-11,18H2,1-4H3. The van der Waals surface area contributed by atoms with E-state index in [2.05, 4.69) is 49.9 Å². The molecule has 3 nitrogen and oxygen atoms in total. The quantitative estimate of drug-likeness (QED) is 0.927. The van der Waals surface area contributed by atoms with Gasteiger partial charge in [0.2, 0.25) is 0 Å². The minimum Gasteiger partial charge on any atom is -0.329 e. The van der Waals surface area contributed by atoms with Crippen molar-refractivity contribution in [1.29, 1.82) is 0 Å². The molecule has 2 N–H and O–H groups in total. The highest BCUT2D eigenvalue weighted by Gasteiger charge is 2.44. The Bertz CT molecular complexity index is 453. The van der Waals surface area contributed by atoms with Crippen molar-refractivity contribution in [2.75, 3.05) is 27.2 Å². The van der Waals surface area contributed by atoms with E-state index in [4.69, 9.17) is 17.3 Å². The van der Waals surface area contributed by atoms with E-state index in [1.54, 1.807) is 0 Å². The van der Waals surface area contributed by atoms with Crippen LogP contribution in [0.3, 0.4) is 0 Å². The molecule has 1 aromatic carbocycles. The molecule has 0 saturated carbocycles. The number of hydrogen-bond acceptors (Lipinski definition) is 3. The maximum atomic E-state index is 6.15. The Balaban J connectivity index is 2.23. The van der Waals surface area contributed by atoms with Crippen LogP contribution >= 0.6 is 11.6 Å². The van der Waals surface area contributed by atoms with E-state index in [0.29, 0.717) is 18.6 Å². The predicted molar refractivity (Wildman–Crippen MR) is 86.1 cm³/mol. The summed E-state index contributed by atoms with van der Waals surface area (Å²) in [5.41, 5.74) is 7.44. The number of halogens is 1. The average molecular weight is 296 g/mol. The molecule has 0 aliphatic carbocycles. The van der Waals surface area contributed by atoms with Crippen molar-refractivity contribution in [2.45, 2.75) is 37.9 Å². The number of likely N-dealkylation sites (N-methyl/N-ethyl adjacent to an activating group) is 2. The summed E-state index contributed by atoms with van der Waals surface area (Å²) in [5.74, 6) is 0. The zero-order valence-corrected chi connectivity index (χ0v) is 13.7. The van der Waals surface area contributed by atoms with Crippen LogP contribution in [-0.4, -0.2) is 48.6 Å². The second-order valence-corrected chi connectivity index (χ2v) is 6.68. The van der Waals surface area contributed by atoms with Crippen molar-refractivity contribution >= 4 is 11.6 Å². The molecule has 1 heterocycles. The summed E-state index contributed by atoms with van der Waals surface area (Å²) in [4.78, 5) is 4.83. The van der Waals surface area contributed by atoms with Gasteiger partial charge in [0.1, 0.15) is 0 Å². The highest BCUT2D eigenvalue weighted by molar-refractivity contribution is 6.30. The molecule has 3 atom stereocenters. The van der Waals surface area contributed by atoms with Gasteiger partial charge in [0, 0.05) is 35.7 Å². The van der Waals surface area contributed by atoms with Crippen LogP contribution < -0.4 is 5.73 Å². The van der Waals surface area contributed by atoms with Gasteiger partial charge < -0.3 is 10.6 Å². The Morgan fingerprint density at radius 1 is 1.55 bits per heavy atom. The zero-order valence-electron chi connectivity index (χ0n) is 12.9. The highest BCUT2D eigenvalue weighted by Crippen LogP contribution is 2.35. The summed E-state index contributed by atoms with van der Waals surface area (Å²) < 4.78 is 0. The van der Waals surface area contributed by atoms with Crippen molar-refractivity contribution in [3.63, 3.8) is 0 Å². The lowest BCUT2D eigenvalue weighted by Crippen LogP contribution is -2.54. The first-order valence-electron chi connectivity index (χ1n) is 7.28. The molecule has 1 fully saturated rings. The second kappa shape index (κ2) is 6.02. The van der Waals surface area contributed by atoms with Gasteiger partial charge in [-0.25, -0.2) is 0 Å². The molecule has 3 unspecified atom stereocenters. The van der Waals surface area contributed by atoms with E-state index in [0.717, 1.165) is 18.0 Å². The van der Waals surface area contributed by atoms with Gasteiger partial charge in [-0.3, -0.25) is 4.90 Å². The van der Waals surface area contributed by atoms with Gasteiger partial charge >= 0.3 is 0 Å². The second-order valence-electron chi connectivity index (χ2n) is 6.24. The van der Waals surface area contributed by atoms with Gasteiger partial charge in [0.15, 0.2) is 0 Å². The number of benzene rings is 1. The first kappa shape index (κ1) is 15.8. The minimum atomic E-state index is 0.0515. The topological polar surface area (TPSA) is 32.5 Å². The van der Waals surface area contributed by atoms with E-state index in [1.165, 1.54) is 5.56 Å². The summed E-state index contributed by atoms with van der Waals surface area (Å²) in [6.45, 7) is 6.20. The van der Waals surface area contributed by atoms with Crippen LogP contribution in [0.2, 0.25) is 5.02 Å². The van der Waals surface area contributed by atoms with E-state index < -0.39 is 0 Å². The zero-order chi connectivity index (χ0) is 14.9. The van der Waals surface area contributed by atoms with Gasteiger partial charge in [0.05, 0.1) is 0 Å². The Kier molecular flexibility index (Phi) is 4.75. The molecule has 1 saturated heterocycles. The molecule has 1 aliphatic rings. The average Bonchev–Trinajstić information content (AvgIpc) is 2.73. The Hall–Kier alpha value is -0.610. The largest absolute Gasteiger partial charge is 0.329 e. The number of nitrogens with zero attached hydrogens (tertiary/aromatic N) is 2. The van der Waals surface area contributed by atoms with E-state index in [9.17, 15) is 0 Å². The third-order valence-corrected chi connectivity index (χ3v) is 5.25. The van der Waals surface area contributed by atoms with Crippen LogP contribution in [0, 0.1) is 0 Å². The lowest BCUT2D eigenvalue weighted by molar-refractivity contribution is 0.0920. The Labute approximate surface area is 127 Å². The van der Waals surface area contributed by atoms with Crippen LogP contribution in [0.25, 0.3) is 0 Å². The predicted octanol–water partition coefficient (Wildman–Crippen LogP) is 2.75. The van der Waals surface area contributed by atoms with Crippen LogP contribution in [0.4, 0.5) is 0 Å². The van der Waals surface area contributed by atoms with Crippen LogP contribution in [0.15, 0.2) is 24.3 Å². The molecule has 112 valence electrons. The molecule has 0 radical (unpaired) electrons. The number of likely N-dealkylation sites (tertiary alicyclic amines) is 1. The molecule has 0 aromatic heterocycles. The first-order chi connectivity index (χ1) is 9.39. The minimum absolute atomic E-state index is 0.0515. The van der Waals surface area contributed by atoms with Crippen molar-refractivity contribution in [2.24, 2.45) is 5.73 Å². The van der Waals surface area contributed by atoms with Gasteiger partial charge in [-0.05, 0) is 52.1 Å². The van der Waals surface area contributed by atoms with Gasteiger partial charge in [-0.2, -0.15) is 0 Å². The van der Waals surface area contributed by atoms with E-state index in [1.807, 2.05) is 12.1 Å². The fourth-order valence-corrected chi connectivity index (χ4v) is 3.54.